The SMILES string of the molecule is CCCCN(C=O)C(C)C.NS(=O)(=O)CC1CCc2cc(Cl)ccc21.O=CN1CCOCC1. The zero-order valence-electron chi connectivity index (χ0n) is 19.9. The van der Waals surface area contributed by atoms with Crippen molar-refractivity contribution < 1.29 is 22.7 Å². The van der Waals surface area contributed by atoms with Crippen LogP contribution in [-0.4, -0.2) is 75.7 Å². The Morgan fingerprint density at radius 2 is 1.94 bits per heavy atom. The molecule has 1 aromatic carbocycles. The second-order valence-electron chi connectivity index (χ2n) is 8.45. The van der Waals surface area contributed by atoms with E-state index in [0.717, 1.165) is 69.3 Å². The lowest BCUT2D eigenvalue weighted by molar-refractivity contribution is -0.122. The van der Waals surface area contributed by atoms with Gasteiger partial charge in [0.15, 0.2) is 0 Å². The van der Waals surface area contributed by atoms with Gasteiger partial charge in [-0.25, -0.2) is 13.6 Å². The van der Waals surface area contributed by atoms with Gasteiger partial charge in [0.1, 0.15) is 0 Å². The summed E-state index contributed by atoms with van der Waals surface area (Å²) in [5, 5.41) is 5.75. The normalized spacial score (nSPS) is 17.3. The molecule has 10 heteroatoms. The van der Waals surface area contributed by atoms with Crippen LogP contribution >= 0.6 is 11.6 Å². The van der Waals surface area contributed by atoms with Crippen LogP contribution in [0.3, 0.4) is 0 Å². The van der Waals surface area contributed by atoms with E-state index in [1.165, 1.54) is 0 Å². The third-order valence-corrected chi connectivity index (χ3v) is 6.61. The maximum atomic E-state index is 11.0. The number of rotatable bonds is 8. The van der Waals surface area contributed by atoms with Gasteiger partial charge in [0.05, 0.1) is 19.0 Å². The number of benzene rings is 1. The molecule has 0 spiro atoms. The summed E-state index contributed by atoms with van der Waals surface area (Å²) in [6.45, 7) is 9.99. The number of halogens is 1. The molecule has 1 aliphatic carbocycles. The summed E-state index contributed by atoms with van der Waals surface area (Å²) in [6.07, 6.45) is 5.78. The summed E-state index contributed by atoms with van der Waals surface area (Å²) in [5.41, 5.74) is 2.23. The first-order chi connectivity index (χ1) is 15.6. The van der Waals surface area contributed by atoms with Crippen LogP contribution in [0.25, 0.3) is 0 Å². The number of carbonyl (C=O) groups excluding carboxylic acids is 2. The number of primary sulfonamides is 1. The highest BCUT2D eigenvalue weighted by Crippen LogP contribution is 2.35. The molecule has 1 unspecified atom stereocenters. The Morgan fingerprint density at radius 1 is 1.27 bits per heavy atom. The van der Waals surface area contributed by atoms with Crippen LogP contribution in [0.15, 0.2) is 18.2 Å². The molecule has 2 aliphatic rings. The fourth-order valence-corrected chi connectivity index (χ4v) is 4.69. The fraction of sp³-hybridized carbons (Fsp3) is 0.652. The van der Waals surface area contributed by atoms with Crippen LogP contribution in [-0.2, 0) is 30.8 Å². The lowest BCUT2D eigenvalue weighted by Crippen LogP contribution is -2.34. The summed E-state index contributed by atoms with van der Waals surface area (Å²) in [5.74, 6) is 0.0639. The number of aryl methyl sites for hydroxylation is 1. The molecule has 8 nitrogen and oxygen atoms in total. The first kappa shape index (κ1) is 29.4. The molecule has 2 amide bonds. The van der Waals surface area contributed by atoms with E-state index in [0.29, 0.717) is 24.3 Å². The van der Waals surface area contributed by atoms with Gasteiger partial charge in [-0.05, 0) is 62.3 Å². The van der Waals surface area contributed by atoms with Crippen molar-refractivity contribution in [1.82, 2.24) is 9.80 Å². The number of nitrogens with two attached hydrogens (primary N) is 1. The van der Waals surface area contributed by atoms with E-state index in [9.17, 15) is 18.0 Å². The van der Waals surface area contributed by atoms with Gasteiger partial charge < -0.3 is 14.5 Å². The smallest absolute Gasteiger partial charge is 0.209 e. The molecule has 3 rings (SSSR count). The largest absolute Gasteiger partial charge is 0.378 e. The molecule has 1 aliphatic heterocycles. The monoisotopic (exact) mass is 503 g/mol. The van der Waals surface area contributed by atoms with E-state index in [-0.39, 0.29) is 11.7 Å². The Hall–Kier alpha value is -1.68. The Bertz CT molecular complexity index is 829. The maximum Gasteiger partial charge on any atom is 0.209 e. The number of hydrogen-bond donors (Lipinski definition) is 1. The molecule has 1 heterocycles. The zero-order valence-corrected chi connectivity index (χ0v) is 21.5. The molecular weight excluding hydrogens is 466 g/mol. The van der Waals surface area contributed by atoms with Crippen molar-refractivity contribution in [3.63, 3.8) is 0 Å². The number of fused-ring (bicyclic) bond motifs is 1. The number of unbranched alkanes of at least 4 members (excludes halogenated alkanes) is 1. The van der Waals surface area contributed by atoms with Crippen LogP contribution in [0.1, 0.15) is 57.1 Å². The number of ether oxygens (including phenoxy) is 1. The Balaban J connectivity index is 0.000000264. The van der Waals surface area contributed by atoms with Gasteiger partial charge in [0.2, 0.25) is 22.8 Å². The molecule has 0 radical (unpaired) electrons. The summed E-state index contributed by atoms with van der Waals surface area (Å²) >= 11 is 5.86. The predicted molar refractivity (Wildman–Crippen MR) is 132 cm³/mol. The summed E-state index contributed by atoms with van der Waals surface area (Å²) in [4.78, 5) is 23.9. The van der Waals surface area contributed by atoms with Gasteiger partial charge in [0, 0.05) is 30.7 Å². The third-order valence-electron chi connectivity index (χ3n) is 5.50. The van der Waals surface area contributed by atoms with Gasteiger partial charge >= 0.3 is 0 Å². The van der Waals surface area contributed by atoms with Crippen molar-refractivity contribution in [2.24, 2.45) is 5.14 Å². The predicted octanol–water partition coefficient (Wildman–Crippen LogP) is 2.79. The number of hydrogen-bond acceptors (Lipinski definition) is 5. The first-order valence-electron chi connectivity index (χ1n) is 11.4. The summed E-state index contributed by atoms with van der Waals surface area (Å²) in [6, 6.07) is 5.95. The van der Waals surface area contributed by atoms with Crippen LogP contribution in [0, 0.1) is 0 Å². The lowest BCUT2D eigenvalue weighted by Gasteiger charge is -2.21. The molecule has 0 saturated carbocycles. The molecule has 1 aromatic rings. The van der Waals surface area contributed by atoms with Crippen molar-refractivity contribution in [3.05, 3.63) is 34.3 Å². The van der Waals surface area contributed by atoms with E-state index in [2.05, 4.69) is 6.92 Å². The molecule has 0 bridgehead atoms. The van der Waals surface area contributed by atoms with Gasteiger partial charge in [-0.1, -0.05) is 31.0 Å². The van der Waals surface area contributed by atoms with Crippen LogP contribution in [0.4, 0.5) is 0 Å². The van der Waals surface area contributed by atoms with E-state index >= 15 is 0 Å². The van der Waals surface area contributed by atoms with Crippen LogP contribution in [0.2, 0.25) is 5.02 Å². The molecule has 1 atom stereocenters. The maximum absolute atomic E-state index is 11.0. The van der Waals surface area contributed by atoms with Crippen molar-refractivity contribution >= 4 is 34.4 Å². The van der Waals surface area contributed by atoms with Gasteiger partial charge in [-0.2, -0.15) is 0 Å². The highest BCUT2D eigenvalue weighted by atomic mass is 35.5. The highest BCUT2D eigenvalue weighted by molar-refractivity contribution is 7.89. The van der Waals surface area contributed by atoms with Crippen molar-refractivity contribution in [2.45, 2.75) is 58.4 Å². The quantitative estimate of drug-likeness (QED) is 0.548. The fourth-order valence-electron chi connectivity index (χ4n) is 3.58. The standard InChI is InChI=1S/C10H12ClNO2S.C8H17NO.C5H9NO2/c11-9-3-4-10-7(5-9)1-2-8(10)6-15(12,13)14;1-4-5-6-9(7-10)8(2)3;7-5-6-1-3-8-4-2-6/h3-5,8H,1-2,6H2,(H2,12,13,14);7-8H,4-6H2,1-3H3;5H,1-4H2. The van der Waals surface area contributed by atoms with Crippen molar-refractivity contribution in [1.29, 1.82) is 0 Å². The number of amides is 2. The minimum Gasteiger partial charge on any atom is -0.378 e. The van der Waals surface area contributed by atoms with E-state index < -0.39 is 10.0 Å². The molecule has 188 valence electrons. The minimum absolute atomic E-state index is 0.0294. The van der Waals surface area contributed by atoms with Gasteiger partial charge in [0.25, 0.3) is 0 Å². The molecular formula is C23H38ClN3O5S. The van der Waals surface area contributed by atoms with Gasteiger partial charge in [-0.15, -0.1) is 0 Å². The lowest BCUT2D eigenvalue weighted by atomic mass is 10.0. The Labute approximate surface area is 203 Å². The second kappa shape index (κ2) is 15.3. The van der Waals surface area contributed by atoms with Gasteiger partial charge in [-0.3, -0.25) is 9.59 Å². The molecule has 2 N–H and O–H groups in total. The molecule has 33 heavy (non-hydrogen) atoms. The molecule has 1 saturated heterocycles. The van der Waals surface area contributed by atoms with Crippen molar-refractivity contribution in [3.8, 4) is 0 Å². The number of nitrogens with zero attached hydrogens (tertiary/aromatic N) is 2. The number of carbonyl (C=O) groups is 2. The third kappa shape index (κ3) is 11.8. The minimum atomic E-state index is -3.39. The average Bonchev–Trinajstić information content (AvgIpc) is 3.15. The van der Waals surface area contributed by atoms with Crippen LogP contribution in [0.5, 0.6) is 0 Å². The summed E-state index contributed by atoms with van der Waals surface area (Å²) < 4.78 is 27.0. The number of morpholine rings is 1. The topological polar surface area (TPSA) is 110 Å². The molecule has 1 fully saturated rings. The van der Waals surface area contributed by atoms with Crippen molar-refractivity contribution in [2.75, 3.05) is 38.6 Å². The number of sulfonamides is 1. The van der Waals surface area contributed by atoms with E-state index in [1.54, 1.807) is 11.0 Å². The molecule has 0 aromatic heterocycles. The van der Waals surface area contributed by atoms with E-state index in [1.807, 2.05) is 30.9 Å². The zero-order chi connectivity index (χ0) is 24.9. The van der Waals surface area contributed by atoms with Crippen LogP contribution < -0.4 is 5.14 Å². The Morgan fingerprint density at radius 3 is 2.42 bits per heavy atom. The van der Waals surface area contributed by atoms with E-state index in [4.69, 9.17) is 21.5 Å². The summed E-state index contributed by atoms with van der Waals surface area (Å²) in [7, 11) is -3.39. The second-order valence-corrected chi connectivity index (χ2v) is 10.5. The average molecular weight is 504 g/mol. The first-order valence-corrected chi connectivity index (χ1v) is 13.5. The Kier molecular flexibility index (Phi) is 13.6. The highest BCUT2D eigenvalue weighted by Gasteiger charge is 2.25.